The number of nitrogen functional groups attached to an aromatic ring is 1. The fourth-order valence-corrected chi connectivity index (χ4v) is 3.48. The Morgan fingerprint density at radius 2 is 1.69 bits per heavy atom. The number of aromatic nitrogens is 2. The van der Waals surface area contributed by atoms with Crippen molar-refractivity contribution in [1.82, 2.24) is 9.13 Å². The van der Waals surface area contributed by atoms with Gasteiger partial charge in [0.05, 0.1) is 10.5 Å². The minimum absolute atomic E-state index is 0.0230. The molecule has 13 heteroatoms. The Kier molecular flexibility index (Phi) is 7.34. The van der Waals surface area contributed by atoms with Gasteiger partial charge in [-0.1, -0.05) is 13.8 Å². The van der Waals surface area contributed by atoms with Crippen LogP contribution < -0.4 is 17.0 Å². The fourth-order valence-electron chi connectivity index (χ4n) is 2.76. The van der Waals surface area contributed by atoms with E-state index in [4.69, 9.17) is 10.5 Å². The zero-order valence-corrected chi connectivity index (χ0v) is 18.2. The number of hydrogen-bond acceptors (Lipinski definition) is 8. The van der Waals surface area contributed by atoms with Crippen molar-refractivity contribution in [1.29, 1.82) is 0 Å². The highest BCUT2D eigenvalue weighted by Crippen LogP contribution is 2.19. The number of carbonyl (C=O) groups excluding carboxylic acids is 2. The van der Waals surface area contributed by atoms with Gasteiger partial charge < -0.3 is 10.5 Å². The van der Waals surface area contributed by atoms with Gasteiger partial charge in [0.1, 0.15) is 11.4 Å². The van der Waals surface area contributed by atoms with Gasteiger partial charge in [0.15, 0.2) is 6.61 Å². The molecule has 0 bridgehead atoms. The van der Waals surface area contributed by atoms with E-state index in [2.05, 4.69) is 0 Å². The number of nitrogens with two attached hydrogens (primary N) is 1. The maximum atomic E-state index is 12.6. The van der Waals surface area contributed by atoms with Crippen molar-refractivity contribution in [3.05, 3.63) is 56.2 Å². The van der Waals surface area contributed by atoms with Crippen LogP contribution in [0, 0.1) is 5.92 Å². The predicted octanol–water partition coefficient (Wildman–Crippen LogP) is 0.821. The molecule has 10 nitrogen and oxygen atoms in total. The topological polar surface area (TPSA) is 148 Å². The van der Waals surface area contributed by atoms with Crippen molar-refractivity contribution in [2.75, 3.05) is 12.3 Å². The summed E-state index contributed by atoms with van der Waals surface area (Å²) in [5.41, 5.74) is 3.50. The van der Waals surface area contributed by atoms with Gasteiger partial charge in [-0.05, 0) is 30.2 Å². The van der Waals surface area contributed by atoms with Gasteiger partial charge in [0.2, 0.25) is 15.6 Å². The van der Waals surface area contributed by atoms with Crippen LogP contribution in [-0.2, 0) is 28.2 Å². The predicted molar refractivity (Wildman–Crippen MR) is 109 cm³/mol. The third-order valence-corrected chi connectivity index (χ3v) is 5.80. The second-order valence-electron chi connectivity index (χ2n) is 7.24. The number of esters is 1. The summed E-state index contributed by atoms with van der Waals surface area (Å²) in [6.45, 7) is 2.86. The minimum atomic E-state index is -4.83. The summed E-state index contributed by atoms with van der Waals surface area (Å²) in [4.78, 5) is 48.6. The minimum Gasteiger partial charge on any atom is -0.454 e. The largest absolute Gasteiger partial charge is 0.454 e. The lowest BCUT2D eigenvalue weighted by atomic mass is 10.1. The molecule has 2 aromatic rings. The second kappa shape index (κ2) is 9.42. The molecule has 0 aliphatic rings. The zero-order valence-electron chi connectivity index (χ0n) is 17.4. The lowest BCUT2D eigenvalue weighted by Gasteiger charge is -2.16. The summed E-state index contributed by atoms with van der Waals surface area (Å²) in [5, 5.41) is 0. The number of anilines is 1. The Labute approximate surface area is 181 Å². The zero-order chi connectivity index (χ0) is 24.4. The van der Waals surface area contributed by atoms with Gasteiger partial charge in [0.25, 0.3) is 5.56 Å². The van der Waals surface area contributed by atoms with E-state index < -0.39 is 55.7 Å². The van der Waals surface area contributed by atoms with Crippen molar-refractivity contribution in [2.45, 2.75) is 31.0 Å². The molecule has 0 saturated heterocycles. The van der Waals surface area contributed by atoms with Crippen LogP contribution in [0.2, 0.25) is 0 Å². The maximum Gasteiger partial charge on any atom is 0.341 e. The number of sulfone groups is 1. The molecule has 2 N–H and O–H groups in total. The first-order valence-corrected chi connectivity index (χ1v) is 10.7. The third-order valence-electron chi connectivity index (χ3n) is 4.40. The van der Waals surface area contributed by atoms with Crippen LogP contribution in [0.3, 0.4) is 0 Å². The van der Waals surface area contributed by atoms with E-state index in [9.17, 15) is 36.4 Å². The van der Waals surface area contributed by atoms with E-state index >= 15 is 0 Å². The molecule has 32 heavy (non-hydrogen) atoms. The van der Waals surface area contributed by atoms with Crippen molar-refractivity contribution in [2.24, 2.45) is 13.0 Å². The summed E-state index contributed by atoms with van der Waals surface area (Å²) in [5.74, 6) is -6.01. The standard InChI is InChI=1S/C19H21F2N3O7S/c1-10(2)8-24-15(22)14(16(26)23(3)19(24)28)13(25)9-31-17(27)11-4-6-12(7-5-11)32(29,30)18(20)21/h4-7,10,18H,8-9,22H2,1-3H3. The average Bonchev–Trinajstić information content (AvgIpc) is 2.73. The quantitative estimate of drug-likeness (QED) is 0.438. The van der Waals surface area contributed by atoms with Gasteiger partial charge in [-0.2, -0.15) is 8.78 Å². The maximum absolute atomic E-state index is 12.6. The second-order valence-corrected chi connectivity index (χ2v) is 9.16. The Morgan fingerprint density at radius 1 is 1.12 bits per heavy atom. The molecular formula is C19H21F2N3O7S. The Bertz CT molecular complexity index is 1260. The van der Waals surface area contributed by atoms with E-state index in [0.717, 1.165) is 33.4 Å². The molecule has 0 radical (unpaired) electrons. The number of ketones is 1. The van der Waals surface area contributed by atoms with Gasteiger partial charge in [0, 0.05) is 13.6 Å². The van der Waals surface area contributed by atoms with E-state index in [1.165, 1.54) is 7.05 Å². The fraction of sp³-hybridized carbons (Fsp3) is 0.368. The Morgan fingerprint density at radius 3 is 2.19 bits per heavy atom. The van der Waals surface area contributed by atoms with E-state index in [1.807, 2.05) is 0 Å². The lowest BCUT2D eigenvalue weighted by Crippen LogP contribution is -2.43. The highest BCUT2D eigenvalue weighted by molar-refractivity contribution is 7.91. The highest BCUT2D eigenvalue weighted by Gasteiger charge is 2.27. The van der Waals surface area contributed by atoms with Crippen LogP contribution in [0.5, 0.6) is 0 Å². The number of benzene rings is 1. The molecular weight excluding hydrogens is 452 g/mol. The van der Waals surface area contributed by atoms with Crippen molar-refractivity contribution in [3.8, 4) is 0 Å². The molecule has 0 unspecified atom stereocenters. The number of nitrogens with zero attached hydrogens (tertiary/aromatic N) is 2. The van der Waals surface area contributed by atoms with Crippen molar-refractivity contribution >= 4 is 27.4 Å². The lowest BCUT2D eigenvalue weighted by molar-refractivity contribution is 0.0474. The smallest absolute Gasteiger partial charge is 0.341 e. The van der Waals surface area contributed by atoms with Gasteiger partial charge in [-0.15, -0.1) is 0 Å². The summed E-state index contributed by atoms with van der Waals surface area (Å²) in [6.07, 6.45) is 0. The van der Waals surface area contributed by atoms with Crippen LogP contribution in [-0.4, -0.2) is 41.7 Å². The summed E-state index contributed by atoms with van der Waals surface area (Å²) >= 11 is 0. The van der Waals surface area contributed by atoms with Gasteiger partial charge in [-0.3, -0.25) is 18.7 Å². The SMILES string of the molecule is CC(C)Cn1c(N)c(C(=O)COC(=O)c2ccc(S(=O)(=O)C(F)F)cc2)c(=O)n(C)c1=O. The number of Topliss-reactive ketones (excluding diaryl/α,β-unsaturated/α-hetero) is 1. The number of carbonyl (C=O) groups is 2. The molecule has 0 aliphatic heterocycles. The number of rotatable bonds is 8. The van der Waals surface area contributed by atoms with Crippen LogP contribution in [0.15, 0.2) is 38.8 Å². The summed E-state index contributed by atoms with van der Waals surface area (Å²) < 4.78 is 54.6. The molecule has 1 heterocycles. The first-order chi connectivity index (χ1) is 14.8. The molecule has 1 aromatic heterocycles. The summed E-state index contributed by atoms with van der Waals surface area (Å²) in [6, 6.07) is 3.49. The molecule has 0 spiro atoms. The summed E-state index contributed by atoms with van der Waals surface area (Å²) in [7, 11) is -3.65. The molecule has 0 saturated carbocycles. The van der Waals surface area contributed by atoms with Gasteiger partial charge in [-0.25, -0.2) is 18.0 Å². The van der Waals surface area contributed by atoms with E-state index in [-0.39, 0.29) is 23.8 Å². The normalized spacial score (nSPS) is 11.7. The molecule has 1 aromatic carbocycles. The first-order valence-electron chi connectivity index (χ1n) is 9.20. The first kappa shape index (κ1) is 24.9. The highest BCUT2D eigenvalue weighted by atomic mass is 32.2. The number of alkyl halides is 2. The van der Waals surface area contributed by atoms with Crippen LogP contribution in [0.1, 0.15) is 34.6 Å². The van der Waals surface area contributed by atoms with Crippen LogP contribution in [0.25, 0.3) is 0 Å². The van der Waals surface area contributed by atoms with E-state index in [0.29, 0.717) is 0 Å². The Hall–Kier alpha value is -3.35. The molecule has 0 aliphatic carbocycles. The van der Waals surface area contributed by atoms with E-state index in [1.54, 1.807) is 13.8 Å². The third kappa shape index (κ3) is 4.93. The van der Waals surface area contributed by atoms with Crippen LogP contribution >= 0.6 is 0 Å². The molecule has 174 valence electrons. The van der Waals surface area contributed by atoms with Gasteiger partial charge >= 0.3 is 17.4 Å². The van der Waals surface area contributed by atoms with Crippen molar-refractivity contribution < 1.29 is 31.5 Å². The number of ether oxygens (including phenoxy) is 1. The molecule has 0 fully saturated rings. The number of hydrogen-bond donors (Lipinski definition) is 1. The number of halogens is 2. The molecule has 0 amide bonds. The van der Waals surface area contributed by atoms with Crippen molar-refractivity contribution in [3.63, 3.8) is 0 Å². The Balaban J connectivity index is 2.24. The molecule has 2 rings (SSSR count). The van der Waals surface area contributed by atoms with Crippen LogP contribution in [0.4, 0.5) is 14.6 Å². The average molecular weight is 473 g/mol. The monoisotopic (exact) mass is 473 g/mol. The molecule has 0 atom stereocenters.